The highest BCUT2D eigenvalue weighted by Gasteiger charge is 2.41. The molecule has 2 unspecified atom stereocenters. The number of aromatic nitrogens is 2. The summed E-state index contributed by atoms with van der Waals surface area (Å²) in [5.74, 6) is 0.941. The van der Waals surface area contributed by atoms with Crippen LogP contribution in [0.2, 0.25) is 0 Å². The number of ether oxygens (including phenoxy) is 1. The molecular weight excluding hydrogens is 384 g/mol. The zero-order valence-electron chi connectivity index (χ0n) is 17.0. The van der Waals surface area contributed by atoms with Crippen LogP contribution >= 0.6 is 12.2 Å². The van der Waals surface area contributed by atoms with E-state index in [0.29, 0.717) is 13.2 Å². The lowest BCUT2D eigenvalue weighted by Gasteiger charge is -2.28. The number of thiocarbonyl (C=S) groups is 1. The molecule has 0 bridgehead atoms. The maximum Gasteiger partial charge on any atom is 0.170 e. The molecule has 152 valence electrons. The van der Waals surface area contributed by atoms with Crippen LogP contribution in [0.1, 0.15) is 40.5 Å². The van der Waals surface area contributed by atoms with Crippen LogP contribution in [0.3, 0.4) is 0 Å². The van der Waals surface area contributed by atoms with Gasteiger partial charge in [-0.15, -0.1) is 0 Å². The SMILES string of the molecule is COCCN1C(=S)NC(c2ccccn2)C1c1cc(C)n(Cc2ccco2)c1C. The summed E-state index contributed by atoms with van der Waals surface area (Å²) >= 11 is 5.69. The van der Waals surface area contributed by atoms with E-state index in [2.05, 4.69) is 45.7 Å². The van der Waals surface area contributed by atoms with Gasteiger partial charge in [-0.25, -0.2) is 0 Å². The van der Waals surface area contributed by atoms with Crippen LogP contribution in [0.25, 0.3) is 0 Å². The topological polar surface area (TPSA) is 55.5 Å². The molecular formula is C22H26N4O2S. The van der Waals surface area contributed by atoms with Crippen molar-refractivity contribution in [3.05, 3.63) is 77.3 Å². The van der Waals surface area contributed by atoms with Crippen molar-refractivity contribution >= 4 is 17.3 Å². The molecule has 1 fully saturated rings. The summed E-state index contributed by atoms with van der Waals surface area (Å²) in [5.41, 5.74) is 4.63. The Morgan fingerprint density at radius 3 is 2.79 bits per heavy atom. The highest BCUT2D eigenvalue weighted by Crippen LogP contribution is 2.40. The zero-order valence-corrected chi connectivity index (χ0v) is 17.8. The van der Waals surface area contributed by atoms with Crippen LogP contribution in [-0.2, 0) is 11.3 Å². The predicted molar refractivity (Wildman–Crippen MR) is 116 cm³/mol. The van der Waals surface area contributed by atoms with E-state index in [-0.39, 0.29) is 12.1 Å². The standard InChI is InChI=1S/C22H26N4O2S/c1-15-13-18(16(2)26(15)14-17-7-6-11-28-17)21-20(19-8-4-5-9-23-19)24-22(29)25(21)10-12-27-3/h4-9,11,13,20-21H,10,12,14H2,1-3H3,(H,24,29). The Morgan fingerprint density at radius 1 is 1.24 bits per heavy atom. The fraction of sp³-hybridized carbons (Fsp3) is 0.364. The Balaban J connectivity index is 1.74. The number of furan rings is 1. The molecule has 0 saturated carbocycles. The van der Waals surface area contributed by atoms with E-state index in [4.69, 9.17) is 21.4 Å². The largest absolute Gasteiger partial charge is 0.467 e. The second kappa shape index (κ2) is 8.39. The Morgan fingerprint density at radius 2 is 2.10 bits per heavy atom. The van der Waals surface area contributed by atoms with Gasteiger partial charge in [-0.1, -0.05) is 6.07 Å². The van der Waals surface area contributed by atoms with Crippen LogP contribution in [0.15, 0.2) is 53.3 Å². The molecule has 0 amide bonds. The average molecular weight is 411 g/mol. The number of nitrogens with one attached hydrogen (secondary N) is 1. The van der Waals surface area contributed by atoms with E-state index in [1.807, 2.05) is 30.5 Å². The number of methoxy groups -OCH3 is 1. The Kier molecular flexibility index (Phi) is 5.69. The predicted octanol–water partition coefficient (Wildman–Crippen LogP) is 3.76. The molecule has 29 heavy (non-hydrogen) atoms. The van der Waals surface area contributed by atoms with Crippen LogP contribution in [-0.4, -0.2) is 39.8 Å². The summed E-state index contributed by atoms with van der Waals surface area (Å²) in [6.07, 6.45) is 3.54. The van der Waals surface area contributed by atoms with Gasteiger partial charge in [-0.3, -0.25) is 4.98 Å². The first-order valence-corrected chi connectivity index (χ1v) is 10.2. The number of pyridine rings is 1. The van der Waals surface area contributed by atoms with Gasteiger partial charge < -0.3 is 23.9 Å². The van der Waals surface area contributed by atoms with Gasteiger partial charge >= 0.3 is 0 Å². The molecule has 3 aromatic heterocycles. The van der Waals surface area contributed by atoms with Crippen molar-refractivity contribution in [3.63, 3.8) is 0 Å². The minimum atomic E-state index is -0.0156. The Hall–Kier alpha value is -2.64. The fourth-order valence-corrected chi connectivity index (χ4v) is 4.44. The minimum Gasteiger partial charge on any atom is -0.467 e. The van der Waals surface area contributed by atoms with Gasteiger partial charge in [0.25, 0.3) is 0 Å². The molecule has 1 saturated heterocycles. The monoisotopic (exact) mass is 410 g/mol. The van der Waals surface area contributed by atoms with E-state index >= 15 is 0 Å². The van der Waals surface area contributed by atoms with Crippen LogP contribution in [0.5, 0.6) is 0 Å². The molecule has 0 aliphatic carbocycles. The highest BCUT2D eigenvalue weighted by molar-refractivity contribution is 7.80. The fourth-order valence-electron chi connectivity index (χ4n) is 4.10. The smallest absolute Gasteiger partial charge is 0.170 e. The molecule has 7 heteroatoms. The second-order valence-corrected chi connectivity index (χ2v) is 7.69. The third kappa shape index (κ3) is 3.80. The highest BCUT2D eigenvalue weighted by atomic mass is 32.1. The van der Waals surface area contributed by atoms with Crippen molar-refractivity contribution < 1.29 is 9.15 Å². The molecule has 0 spiro atoms. The van der Waals surface area contributed by atoms with E-state index in [9.17, 15) is 0 Å². The van der Waals surface area contributed by atoms with Gasteiger partial charge in [-0.2, -0.15) is 0 Å². The molecule has 0 radical (unpaired) electrons. The summed E-state index contributed by atoms with van der Waals surface area (Å²) < 4.78 is 13.2. The van der Waals surface area contributed by atoms with E-state index in [1.165, 1.54) is 17.0 Å². The normalized spacial score (nSPS) is 19.0. The third-order valence-electron chi connectivity index (χ3n) is 5.56. The molecule has 3 aromatic rings. The molecule has 1 aliphatic rings. The first-order chi connectivity index (χ1) is 14.1. The van der Waals surface area contributed by atoms with Gasteiger partial charge in [0.05, 0.1) is 37.2 Å². The molecule has 0 aromatic carbocycles. The van der Waals surface area contributed by atoms with Gasteiger partial charge in [0.1, 0.15) is 5.76 Å². The van der Waals surface area contributed by atoms with E-state index in [0.717, 1.165) is 23.1 Å². The van der Waals surface area contributed by atoms with Crippen LogP contribution < -0.4 is 5.32 Å². The van der Waals surface area contributed by atoms with Gasteiger partial charge in [0.15, 0.2) is 5.11 Å². The first-order valence-electron chi connectivity index (χ1n) is 9.76. The van der Waals surface area contributed by atoms with E-state index in [1.54, 1.807) is 13.4 Å². The number of rotatable bonds is 7. The average Bonchev–Trinajstić information content (AvgIpc) is 3.42. The molecule has 1 aliphatic heterocycles. The summed E-state index contributed by atoms with van der Waals surface area (Å²) in [5, 5.41) is 4.23. The number of hydrogen-bond donors (Lipinski definition) is 1. The summed E-state index contributed by atoms with van der Waals surface area (Å²) in [4.78, 5) is 6.82. The number of nitrogens with zero attached hydrogens (tertiary/aromatic N) is 3. The van der Waals surface area contributed by atoms with Gasteiger partial charge in [-0.05, 0) is 62.0 Å². The summed E-state index contributed by atoms with van der Waals surface area (Å²) in [6, 6.07) is 12.2. The molecule has 4 heterocycles. The number of aryl methyl sites for hydroxylation is 1. The van der Waals surface area contributed by atoms with Crippen molar-refractivity contribution in [2.45, 2.75) is 32.5 Å². The van der Waals surface area contributed by atoms with Crippen LogP contribution in [0, 0.1) is 13.8 Å². The lowest BCUT2D eigenvalue weighted by Crippen LogP contribution is -2.32. The van der Waals surface area contributed by atoms with Gasteiger partial charge in [0, 0.05) is 31.2 Å². The first kappa shape index (κ1) is 19.7. The maximum atomic E-state index is 5.69. The molecule has 4 rings (SSSR count). The second-order valence-electron chi connectivity index (χ2n) is 7.30. The van der Waals surface area contributed by atoms with Crippen molar-refractivity contribution in [1.29, 1.82) is 0 Å². The Bertz CT molecular complexity index is 968. The zero-order chi connectivity index (χ0) is 20.4. The summed E-state index contributed by atoms with van der Waals surface area (Å²) in [6.45, 7) is 6.34. The van der Waals surface area contributed by atoms with Crippen molar-refractivity contribution in [2.75, 3.05) is 20.3 Å². The molecule has 6 nitrogen and oxygen atoms in total. The quantitative estimate of drug-likeness (QED) is 0.599. The van der Waals surface area contributed by atoms with Gasteiger partial charge in [0.2, 0.25) is 0 Å². The third-order valence-corrected chi connectivity index (χ3v) is 5.91. The minimum absolute atomic E-state index is 0.0156. The lowest BCUT2D eigenvalue weighted by atomic mass is 9.97. The van der Waals surface area contributed by atoms with Crippen molar-refractivity contribution in [3.8, 4) is 0 Å². The molecule has 2 atom stereocenters. The van der Waals surface area contributed by atoms with Crippen molar-refractivity contribution in [2.24, 2.45) is 0 Å². The van der Waals surface area contributed by atoms with Crippen LogP contribution in [0.4, 0.5) is 0 Å². The Labute approximate surface area is 176 Å². The molecule has 1 N–H and O–H groups in total. The number of hydrogen-bond acceptors (Lipinski definition) is 4. The van der Waals surface area contributed by atoms with Crippen molar-refractivity contribution in [1.82, 2.24) is 19.8 Å². The maximum absolute atomic E-state index is 5.69. The van der Waals surface area contributed by atoms with E-state index < -0.39 is 0 Å². The lowest BCUT2D eigenvalue weighted by molar-refractivity contribution is 0.164. The summed E-state index contributed by atoms with van der Waals surface area (Å²) in [7, 11) is 1.72.